The Morgan fingerprint density at radius 1 is 1.15 bits per heavy atom. The fraction of sp³-hybridized carbons (Fsp3) is 0.742. The number of nitrogens with one attached hydrogen (secondary N) is 1. The van der Waals surface area contributed by atoms with Crippen molar-refractivity contribution in [2.45, 2.75) is 127 Å². The fourth-order valence-electron chi connectivity index (χ4n) is 7.87. The number of phenols is 1. The van der Waals surface area contributed by atoms with Crippen LogP contribution in [0.15, 0.2) is 12.1 Å². The van der Waals surface area contributed by atoms with Gasteiger partial charge in [-0.05, 0) is 98.9 Å². The van der Waals surface area contributed by atoms with Crippen molar-refractivity contribution in [3.8, 4) is 11.5 Å². The predicted molar refractivity (Wildman–Crippen MR) is 150 cm³/mol. The van der Waals surface area contributed by atoms with Crippen molar-refractivity contribution in [2.75, 3.05) is 20.7 Å². The minimum absolute atomic E-state index is 0.0810. The van der Waals surface area contributed by atoms with Crippen molar-refractivity contribution >= 4 is 11.9 Å². The molecule has 4 aliphatic rings. The molecule has 2 heterocycles. The lowest BCUT2D eigenvalue weighted by Gasteiger charge is -2.65. The van der Waals surface area contributed by atoms with Crippen molar-refractivity contribution in [1.29, 1.82) is 0 Å². The second-order valence-electron chi connectivity index (χ2n) is 14.0. The maximum atomic E-state index is 13.5. The van der Waals surface area contributed by atoms with Gasteiger partial charge in [-0.2, -0.15) is 0 Å². The van der Waals surface area contributed by atoms with Gasteiger partial charge in [0.15, 0.2) is 11.5 Å². The number of hydrogen-bond acceptors (Lipinski definition) is 9. The summed E-state index contributed by atoms with van der Waals surface area (Å²) in [6, 6.07) is 2.98. The molecule has 2 aliphatic heterocycles. The third-order valence-corrected chi connectivity index (χ3v) is 9.22. The van der Waals surface area contributed by atoms with Gasteiger partial charge in [0, 0.05) is 31.2 Å². The summed E-state index contributed by atoms with van der Waals surface area (Å²) >= 11 is 0. The van der Waals surface area contributed by atoms with Crippen LogP contribution in [0.25, 0.3) is 0 Å². The highest BCUT2D eigenvalue weighted by atomic mass is 16.6. The number of phenolic OH excluding ortho intramolecular Hbond substituents is 1. The van der Waals surface area contributed by atoms with Crippen molar-refractivity contribution in [3.05, 3.63) is 23.3 Å². The number of ether oxygens (including phenoxy) is 4. The lowest BCUT2D eigenvalue weighted by Crippen LogP contribution is -2.78. The van der Waals surface area contributed by atoms with Crippen LogP contribution in [0.4, 0.5) is 0 Å². The Morgan fingerprint density at radius 3 is 2.50 bits per heavy atom. The molecule has 1 saturated heterocycles. The third kappa shape index (κ3) is 4.68. The van der Waals surface area contributed by atoms with E-state index in [0.717, 1.165) is 31.4 Å². The van der Waals surface area contributed by atoms with Crippen molar-refractivity contribution in [2.24, 2.45) is 0 Å². The molecule has 6 atom stereocenters. The number of carbonyl (C=O) groups excluding carboxylic acids is 2. The van der Waals surface area contributed by atoms with Crippen LogP contribution in [0.3, 0.4) is 0 Å². The summed E-state index contributed by atoms with van der Waals surface area (Å²) in [6.07, 6.45) is 3.10. The van der Waals surface area contributed by atoms with Gasteiger partial charge in [-0.15, -0.1) is 0 Å². The molecule has 1 saturated carbocycles. The Balaban J connectivity index is 1.48. The smallest absolute Gasteiger partial charge is 0.323 e. The van der Waals surface area contributed by atoms with Crippen LogP contribution in [0.5, 0.6) is 11.5 Å². The molecule has 0 aromatic heterocycles. The number of hydrogen-bond donors (Lipinski definition) is 2. The van der Waals surface area contributed by atoms with Crippen molar-refractivity contribution in [3.63, 3.8) is 0 Å². The highest BCUT2D eigenvalue weighted by Gasteiger charge is 2.73. The third-order valence-electron chi connectivity index (χ3n) is 9.22. The van der Waals surface area contributed by atoms with E-state index in [9.17, 15) is 14.7 Å². The summed E-state index contributed by atoms with van der Waals surface area (Å²) in [5.41, 5.74) is 0.0244. The summed E-state index contributed by atoms with van der Waals surface area (Å²) in [5, 5.41) is 14.5. The SMILES string of the molecule is CO[C@@]12CC[C@H](N[C@@H](CCC(=O)OC(C)(C)C)C(=O)OC(C)(C)C)[C@@H]3Oc4c(O)ccc5c4C31CCN(C)C2C5. The van der Waals surface area contributed by atoms with Gasteiger partial charge in [-0.3, -0.25) is 14.9 Å². The average Bonchev–Trinajstić information content (AvgIpc) is 3.20. The molecular weight excluding hydrogens is 512 g/mol. The van der Waals surface area contributed by atoms with Crippen LogP contribution in [0.2, 0.25) is 0 Å². The fourth-order valence-corrected chi connectivity index (χ4v) is 7.87. The number of piperidine rings is 1. The van der Waals surface area contributed by atoms with E-state index < -0.39 is 34.2 Å². The van der Waals surface area contributed by atoms with Gasteiger partial charge >= 0.3 is 11.9 Å². The molecule has 2 bridgehead atoms. The second-order valence-corrected chi connectivity index (χ2v) is 14.0. The monoisotopic (exact) mass is 558 g/mol. The van der Waals surface area contributed by atoms with Crippen molar-refractivity contribution in [1.82, 2.24) is 10.2 Å². The van der Waals surface area contributed by atoms with Crippen LogP contribution in [-0.2, 0) is 35.6 Å². The van der Waals surface area contributed by atoms with Gasteiger partial charge in [-0.25, -0.2) is 0 Å². The lowest BCUT2D eigenvalue weighted by molar-refractivity contribution is -0.204. The van der Waals surface area contributed by atoms with Crippen LogP contribution in [0, 0.1) is 0 Å². The molecule has 5 rings (SSSR count). The Labute approximate surface area is 237 Å². The standard InChI is InChI=1S/C31H46N2O7/c1-28(2,3)39-23(35)12-10-20(27(36)40-29(4,5)6)32-19-13-14-31(37-8)22-17-18-9-11-21(34)25-24(18)30(31,26(19)38-25)15-16-33(22)7/h9,11,19-20,22,26,32,34H,10,12-17H2,1-8H3/t19-,20-,22?,26-,30?,31+/m0/s1. The molecule has 9 heteroatoms. The first-order valence-corrected chi connectivity index (χ1v) is 14.6. The van der Waals surface area contributed by atoms with E-state index in [2.05, 4.69) is 17.3 Å². The largest absolute Gasteiger partial charge is 0.504 e. The number of carbonyl (C=O) groups is 2. The quantitative estimate of drug-likeness (QED) is 0.485. The predicted octanol–water partition coefficient (Wildman–Crippen LogP) is 3.62. The van der Waals surface area contributed by atoms with Crippen LogP contribution in [0.1, 0.15) is 84.8 Å². The number of benzene rings is 1. The molecule has 1 aromatic carbocycles. The number of nitrogens with zero attached hydrogens (tertiary/aromatic N) is 1. The summed E-state index contributed by atoms with van der Waals surface area (Å²) < 4.78 is 24.5. The Kier molecular flexibility index (Phi) is 7.20. The zero-order valence-electron chi connectivity index (χ0n) is 25.3. The molecule has 0 amide bonds. The second kappa shape index (κ2) is 9.88. The van der Waals surface area contributed by atoms with Gasteiger partial charge < -0.3 is 29.0 Å². The van der Waals surface area contributed by atoms with Crippen LogP contribution < -0.4 is 10.1 Å². The first-order valence-electron chi connectivity index (χ1n) is 14.6. The molecule has 222 valence electrons. The molecule has 9 nitrogen and oxygen atoms in total. The van der Waals surface area contributed by atoms with Gasteiger partial charge in [-0.1, -0.05) is 6.07 Å². The number of rotatable bonds is 7. The molecule has 1 aromatic rings. The van der Waals surface area contributed by atoms with E-state index in [1.807, 2.05) is 47.6 Å². The van der Waals surface area contributed by atoms with Crippen LogP contribution in [-0.4, -0.2) is 83.7 Å². The molecule has 40 heavy (non-hydrogen) atoms. The van der Waals surface area contributed by atoms with E-state index in [-0.39, 0.29) is 42.7 Å². The van der Waals surface area contributed by atoms with E-state index in [0.29, 0.717) is 12.2 Å². The number of likely N-dealkylation sites (N-methyl/N-ethyl adjacent to an activating group) is 1. The molecule has 1 spiro atoms. The van der Waals surface area contributed by atoms with Crippen LogP contribution >= 0.6 is 0 Å². The number of aromatic hydroxyl groups is 1. The summed E-state index contributed by atoms with van der Waals surface area (Å²) in [5.74, 6) is -0.0745. The average molecular weight is 559 g/mol. The summed E-state index contributed by atoms with van der Waals surface area (Å²) in [6.45, 7) is 11.9. The minimum atomic E-state index is -0.728. The zero-order valence-corrected chi connectivity index (χ0v) is 25.3. The first kappa shape index (κ1) is 29.1. The van der Waals surface area contributed by atoms with E-state index in [1.54, 1.807) is 13.2 Å². The summed E-state index contributed by atoms with van der Waals surface area (Å²) in [7, 11) is 3.96. The minimum Gasteiger partial charge on any atom is -0.504 e. The molecule has 2 aliphatic carbocycles. The van der Waals surface area contributed by atoms with Crippen molar-refractivity contribution < 1.29 is 33.6 Å². The Hall–Kier alpha value is -2.36. The Morgan fingerprint density at radius 2 is 1.85 bits per heavy atom. The molecular formula is C31H46N2O7. The Bertz CT molecular complexity index is 1170. The summed E-state index contributed by atoms with van der Waals surface area (Å²) in [4.78, 5) is 28.4. The number of esters is 2. The van der Waals surface area contributed by atoms with E-state index >= 15 is 0 Å². The molecule has 0 radical (unpaired) electrons. The topological polar surface area (TPSA) is 107 Å². The normalized spacial score (nSPS) is 31.6. The van der Waals surface area contributed by atoms with Gasteiger partial charge in [0.2, 0.25) is 0 Å². The van der Waals surface area contributed by atoms with Gasteiger partial charge in [0.1, 0.15) is 23.3 Å². The highest BCUT2D eigenvalue weighted by Crippen LogP contribution is 2.66. The zero-order chi connectivity index (χ0) is 29.3. The highest BCUT2D eigenvalue weighted by molar-refractivity contribution is 5.78. The van der Waals surface area contributed by atoms with E-state index in [4.69, 9.17) is 18.9 Å². The number of likely N-dealkylation sites (tertiary alicyclic amines) is 1. The van der Waals surface area contributed by atoms with E-state index in [1.165, 1.54) is 5.56 Å². The number of methoxy groups -OCH3 is 1. The first-order chi connectivity index (χ1) is 18.6. The molecule has 2 unspecified atom stereocenters. The lowest BCUT2D eigenvalue weighted by atomic mass is 9.48. The molecule has 2 fully saturated rings. The maximum absolute atomic E-state index is 13.5. The van der Waals surface area contributed by atoms with Gasteiger partial charge in [0.25, 0.3) is 0 Å². The van der Waals surface area contributed by atoms with Gasteiger partial charge in [0.05, 0.1) is 11.0 Å². The maximum Gasteiger partial charge on any atom is 0.323 e. The molecule has 2 N–H and O–H groups in total.